The van der Waals surface area contributed by atoms with Crippen LogP contribution in [0.4, 0.5) is 0 Å². The van der Waals surface area contributed by atoms with E-state index in [0.717, 1.165) is 18.4 Å². The number of hydrogen-bond acceptors (Lipinski definition) is 3. The molecule has 0 spiro atoms. The first-order chi connectivity index (χ1) is 10.4. The SMILES string of the molecule is COc1ccc2c(c1)OC(C)(C)C(C1=C(C)CCC=C1)C2=O. The van der Waals surface area contributed by atoms with E-state index in [1.165, 1.54) is 5.57 Å². The molecule has 22 heavy (non-hydrogen) atoms. The average Bonchev–Trinajstić information content (AvgIpc) is 2.47. The monoisotopic (exact) mass is 298 g/mol. The van der Waals surface area contributed by atoms with Gasteiger partial charge in [0.15, 0.2) is 5.78 Å². The molecule has 0 fully saturated rings. The smallest absolute Gasteiger partial charge is 0.178 e. The van der Waals surface area contributed by atoms with E-state index < -0.39 is 5.60 Å². The number of rotatable bonds is 2. The lowest BCUT2D eigenvalue weighted by Gasteiger charge is -2.40. The van der Waals surface area contributed by atoms with Crippen LogP contribution in [0.3, 0.4) is 0 Å². The number of fused-ring (bicyclic) bond motifs is 1. The largest absolute Gasteiger partial charge is 0.497 e. The molecular weight excluding hydrogens is 276 g/mol. The maximum Gasteiger partial charge on any atom is 0.178 e. The molecule has 0 aromatic heterocycles. The molecule has 1 aromatic carbocycles. The Morgan fingerprint density at radius 3 is 2.77 bits per heavy atom. The average molecular weight is 298 g/mol. The molecule has 3 heteroatoms. The van der Waals surface area contributed by atoms with Crippen molar-refractivity contribution in [2.75, 3.05) is 7.11 Å². The van der Waals surface area contributed by atoms with Crippen molar-refractivity contribution < 1.29 is 14.3 Å². The Labute approximate surface area is 131 Å². The number of carbonyl (C=O) groups is 1. The number of Topliss-reactive ketones (excluding diaryl/α,β-unsaturated/α-hetero) is 1. The van der Waals surface area contributed by atoms with Crippen molar-refractivity contribution in [2.45, 2.75) is 39.2 Å². The molecule has 3 nitrogen and oxygen atoms in total. The highest BCUT2D eigenvalue weighted by Crippen LogP contribution is 2.43. The summed E-state index contributed by atoms with van der Waals surface area (Å²) in [6.45, 7) is 6.09. The molecule has 0 N–H and O–H groups in total. The minimum absolute atomic E-state index is 0.134. The molecule has 0 radical (unpaired) electrons. The molecule has 1 aromatic rings. The molecular formula is C19H22O3. The van der Waals surface area contributed by atoms with Crippen LogP contribution in [0.1, 0.15) is 44.0 Å². The molecule has 1 atom stereocenters. The zero-order valence-electron chi connectivity index (χ0n) is 13.6. The van der Waals surface area contributed by atoms with E-state index in [4.69, 9.17) is 9.47 Å². The summed E-state index contributed by atoms with van der Waals surface area (Å²) < 4.78 is 11.4. The Morgan fingerprint density at radius 2 is 2.09 bits per heavy atom. The topological polar surface area (TPSA) is 35.5 Å². The van der Waals surface area contributed by atoms with Crippen LogP contribution in [0.2, 0.25) is 0 Å². The molecule has 0 saturated heterocycles. The van der Waals surface area contributed by atoms with Crippen molar-refractivity contribution in [3.63, 3.8) is 0 Å². The predicted octanol–water partition coefficient (Wildman–Crippen LogP) is 4.33. The number of hydrogen-bond donors (Lipinski definition) is 0. The van der Waals surface area contributed by atoms with Gasteiger partial charge in [-0.25, -0.2) is 0 Å². The highest BCUT2D eigenvalue weighted by atomic mass is 16.5. The molecule has 0 amide bonds. The van der Waals surface area contributed by atoms with Crippen molar-refractivity contribution in [1.29, 1.82) is 0 Å². The lowest BCUT2D eigenvalue weighted by molar-refractivity contribution is 0.0374. The van der Waals surface area contributed by atoms with E-state index in [1.54, 1.807) is 19.2 Å². The Morgan fingerprint density at radius 1 is 1.32 bits per heavy atom. The second-order valence-corrected chi connectivity index (χ2v) is 6.54. The fourth-order valence-corrected chi connectivity index (χ4v) is 3.39. The number of methoxy groups -OCH3 is 1. The first-order valence-corrected chi connectivity index (χ1v) is 7.71. The second-order valence-electron chi connectivity index (χ2n) is 6.54. The fraction of sp³-hybridized carbons (Fsp3) is 0.421. The molecule has 1 heterocycles. The zero-order valence-corrected chi connectivity index (χ0v) is 13.6. The van der Waals surface area contributed by atoms with E-state index in [-0.39, 0.29) is 11.7 Å². The van der Waals surface area contributed by atoms with Gasteiger partial charge in [-0.15, -0.1) is 0 Å². The van der Waals surface area contributed by atoms with Gasteiger partial charge in [-0.3, -0.25) is 4.79 Å². The highest BCUT2D eigenvalue weighted by Gasteiger charge is 2.45. The van der Waals surface area contributed by atoms with Gasteiger partial charge in [-0.2, -0.15) is 0 Å². The van der Waals surface area contributed by atoms with Crippen LogP contribution in [-0.2, 0) is 0 Å². The van der Waals surface area contributed by atoms with Crippen molar-refractivity contribution in [2.24, 2.45) is 5.92 Å². The maximum absolute atomic E-state index is 13.1. The van der Waals surface area contributed by atoms with Crippen LogP contribution in [0.5, 0.6) is 11.5 Å². The Bertz CT molecular complexity index is 680. The summed E-state index contributed by atoms with van der Waals surface area (Å²) in [5, 5.41) is 0. The number of allylic oxidation sites excluding steroid dienone is 3. The molecule has 1 aliphatic heterocycles. The Balaban J connectivity index is 2.09. The van der Waals surface area contributed by atoms with Crippen molar-refractivity contribution in [3.05, 3.63) is 47.1 Å². The number of carbonyl (C=O) groups excluding carboxylic acids is 1. The lowest BCUT2D eigenvalue weighted by atomic mass is 9.73. The van der Waals surface area contributed by atoms with Crippen LogP contribution >= 0.6 is 0 Å². The summed E-state index contributed by atoms with van der Waals surface area (Å²) >= 11 is 0. The molecule has 116 valence electrons. The van der Waals surface area contributed by atoms with E-state index in [9.17, 15) is 4.79 Å². The third-order valence-electron chi connectivity index (χ3n) is 4.57. The summed E-state index contributed by atoms with van der Waals surface area (Å²) in [4.78, 5) is 13.1. The number of ether oxygens (including phenoxy) is 2. The minimum atomic E-state index is -0.575. The quantitative estimate of drug-likeness (QED) is 0.815. The first kappa shape index (κ1) is 14.9. The minimum Gasteiger partial charge on any atom is -0.497 e. The Kier molecular flexibility index (Phi) is 3.59. The van der Waals surface area contributed by atoms with Gasteiger partial charge in [0.1, 0.15) is 17.1 Å². The van der Waals surface area contributed by atoms with Crippen molar-refractivity contribution in [3.8, 4) is 11.5 Å². The molecule has 0 saturated carbocycles. The van der Waals surface area contributed by atoms with Gasteiger partial charge >= 0.3 is 0 Å². The zero-order chi connectivity index (χ0) is 15.9. The summed E-state index contributed by atoms with van der Waals surface area (Å²) in [5.74, 6) is 1.19. The third kappa shape index (κ3) is 2.35. The second kappa shape index (κ2) is 5.31. The van der Waals surface area contributed by atoms with Gasteiger partial charge in [0.2, 0.25) is 0 Å². The van der Waals surface area contributed by atoms with Crippen LogP contribution in [-0.4, -0.2) is 18.5 Å². The van der Waals surface area contributed by atoms with E-state index in [0.29, 0.717) is 17.1 Å². The summed E-state index contributed by atoms with van der Waals surface area (Å²) in [6, 6.07) is 5.41. The van der Waals surface area contributed by atoms with E-state index in [2.05, 4.69) is 19.1 Å². The van der Waals surface area contributed by atoms with Gasteiger partial charge in [-0.05, 0) is 51.3 Å². The fourth-order valence-electron chi connectivity index (χ4n) is 3.39. The van der Waals surface area contributed by atoms with Crippen molar-refractivity contribution in [1.82, 2.24) is 0 Å². The van der Waals surface area contributed by atoms with Crippen LogP contribution in [0, 0.1) is 5.92 Å². The van der Waals surface area contributed by atoms with Gasteiger partial charge < -0.3 is 9.47 Å². The van der Waals surface area contributed by atoms with E-state index >= 15 is 0 Å². The molecule has 3 rings (SSSR count). The molecule has 0 bridgehead atoms. The molecule has 1 unspecified atom stereocenters. The van der Waals surface area contributed by atoms with E-state index in [1.807, 2.05) is 19.9 Å². The lowest BCUT2D eigenvalue weighted by Crippen LogP contribution is -2.47. The van der Waals surface area contributed by atoms with Crippen LogP contribution in [0.25, 0.3) is 0 Å². The van der Waals surface area contributed by atoms with Crippen LogP contribution < -0.4 is 9.47 Å². The molecule has 2 aliphatic rings. The highest BCUT2D eigenvalue weighted by molar-refractivity contribution is 6.04. The summed E-state index contributed by atoms with van der Waals surface area (Å²) in [7, 11) is 1.61. The summed E-state index contributed by atoms with van der Waals surface area (Å²) in [6.07, 6.45) is 6.31. The van der Waals surface area contributed by atoms with Gasteiger partial charge in [-0.1, -0.05) is 17.7 Å². The predicted molar refractivity (Wildman–Crippen MR) is 86.6 cm³/mol. The van der Waals surface area contributed by atoms with Gasteiger partial charge in [0, 0.05) is 6.07 Å². The maximum atomic E-state index is 13.1. The molecule has 1 aliphatic carbocycles. The first-order valence-electron chi connectivity index (χ1n) is 7.71. The Hall–Kier alpha value is -2.03. The van der Waals surface area contributed by atoms with Crippen LogP contribution in [0.15, 0.2) is 41.5 Å². The van der Waals surface area contributed by atoms with Crippen molar-refractivity contribution >= 4 is 5.78 Å². The number of benzene rings is 1. The summed E-state index contributed by atoms with van der Waals surface area (Å²) in [5.41, 5.74) is 2.47. The van der Waals surface area contributed by atoms with Gasteiger partial charge in [0.05, 0.1) is 18.6 Å². The number of ketones is 1. The van der Waals surface area contributed by atoms with Gasteiger partial charge in [0.25, 0.3) is 0 Å². The third-order valence-corrected chi connectivity index (χ3v) is 4.57. The normalized spacial score (nSPS) is 23.1. The standard InChI is InChI=1S/C19H22O3/c1-12-7-5-6-8-14(12)17-18(20)15-10-9-13(21-4)11-16(15)22-19(17,2)3/h6,8-11,17H,5,7H2,1-4H3.